The second-order valence-electron chi connectivity index (χ2n) is 6.78. The molecule has 1 amide bonds. The highest BCUT2D eigenvalue weighted by Crippen LogP contribution is 2.24. The average Bonchev–Trinajstić information content (AvgIpc) is 3.29. The summed E-state index contributed by atoms with van der Waals surface area (Å²) >= 11 is 1.65. The van der Waals surface area contributed by atoms with Crippen molar-refractivity contribution in [1.29, 1.82) is 0 Å². The van der Waals surface area contributed by atoms with E-state index in [1.165, 1.54) is 5.56 Å². The molecule has 0 aliphatic rings. The van der Waals surface area contributed by atoms with E-state index in [1.807, 2.05) is 16.9 Å². The number of hydrogen-bond donors (Lipinski definition) is 1. The second-order valence-corrected chi connectivity index (χ2v) is 7.72. The van der Waals surface area contributed by atoms with E-state index in [0.29, 0.717) is 12.3 Å². The van der Waals surface area contributed by atoms with Crippen LogP contribution in [0.15, 0.2) is 47.9 Å². The van der Waals surface area contributed by atoms with Crippen LogP contribution in [0.5, 0.6) is 0 Å². The number of benzene rings is 1. The van der Waals surface area contributed by atoms with Gasteiger partial charge in [0.05, 0.1) is 5.69 Å². The molecule has 0 fully saturated rings. The zero-order valence-corrected chi connectivity index (χ0v) is 16.4. The Kier molecular flexibility index (Phi) is 6.28. The molecule has 7 nitrogen and oxygen atoms in total. The van der Waals surface area contributed by atoms with Gasteiger partial charge in [0.25, 0.3) is 0 Å². The van der Waals surface area contributed by atoms with Gasteiger partial charge in [0.2, 0.25) is 5.91 Å². The maximum absolute atomic E-state index is 11.1. The molecule has 8 heteroatoms. The molecule has 0 radical (unpaired) electrons. The summed E-state index contributed by atoms with van der Waals surface area (Å²) in [5.74, 6) is 1.76. The maximum Gasteiger partial charge on any atom is 0.217 e. The van der Waals surface area contributed by atoms with Crippen LogP contribution in [0, 0.1) is 5.92 Å². The Bertz CT molecular complexity index is 870. The fourth-order valence-electron chi connectivity index (χ4n) is 2.71. The molecule has 3 rings (SSSR count). The highest BCUT2D eigenvalue weighted by molar-refractivity contribution is 7.98. The van der Waals surface area contributed by atoms with Crippen LogP contribution in [0.3, 0.4) is 0 Å². The van der Waals surface area contributed by atoms with E-state index in [9.17, 15) is 4.79 Å². The lowest BCUT2D eigenvalue weighted by molar-refractivity contribution is -0.118. The molecule has 2 heterocycles. The van der Waals surface area contributed by atoms with E-state index < -0.39 is 0 Å². The molecule has 0 saturated heterocycles. The molecule has 0 aliphatic heterocycles. The highest BCUT2D eigenvalue weighted by atomic mass is 32.2. The van der Waals surface area contributed by atoms with Crippen LogP contribution in [0.25, 0.3) is 5.69 Å². The van der Waals surface area contributed by atoms with Crippen LogP contribution in [0.4, 0.5) is 0 Å². The molecule has 0 unspecified atom stereocenters. The van der Waals surface area contributed by atoms with Crippen LogP contribution in [0.1, 0.15) is 31.7 Å². The Hall–Kier alpha value is -2.61. The Morgan fingerprint density at radius 1 is 1.22 bits per heavy atom. The third-order valence-corrected chi connectivity index (χ3v) is 5.05. The minimum atomic E-state index is -0.319. The maximum atomic E-state index is 11.1. The normalized spacial score (nSPS) is 11.2. The minimum absolute atomic E-state index is 0.287. The first-order valence-electron chi connectivity index (χ1n) is 8.95. The highest BCUT2D eigenvalue weighted by Gasteiger charge is 2.14. The first-order chi connectivity index (χ1) is 13.0. The quantitative estimate of drug-likeness (QED) is 0.573. The molecule has 0 spiro atoms. The van der Waals surface area contributed by atoms with Crippen LogP contribution in [-0.2, 0) is 23.5 Å². The van der Waals surface area contributed by atoms with Gasteiger partial charge in [-0.1, -0.05) is 37.7 Å². The zero-order valence-electron chi connectivity index (χ0n) is 15.6. The minimum Gasteiger partial charge on any atom is -0.370 e. The van der Waals surface area contributed by atoms with Gasteiger partial charge in [-0.3, -0.25) is 4.79 Å². The SMILES string of the molecule is CC(C)Cn1c(CCC(N)=O)nnc1SCc1ccc(-n2cccn2)cc1. The molecule has 3 aromatic rings. The summed E-state index contributed by atoms with van der Waals surface area (Å²) in [6, 6.07) is 10.2. The van der Waals surface area contributed by atoms with Crippen molar-refractivity contribution in [2.45, 2.75) is 44.1 Å². The van der Waals surface area contributed by atoms with Gasteiger partial charge >= 0.3 is 0 Å². The topological polar surface area (TPSA) is 91.6 Å². The number of aromatic nitrogens is 5. The van der Waals surface area contributed by atoms with Crippen LogP contribution in [0.2, 0.25) is 0 Å². The van der Waals surface area contributed by atoms with Gasteiger partial charge in [0.1, 0.15) is 5.82 Å². The third-order valence-electron chi connectivity index (χ3n) is 4.01. The molecule has 0 bridgehead atoms. The molecule has 27 heavy (non-hydrogen) atoms. The largest absolute Gasteiger partial charge is 0.370 e. The lowest BCUT2D eigenvalue weighted by Gasteiger charge is -2.12. The number of aryl methyl sites for hydroxylation is 1. The summed E-state index contributed by atoms with van der Waals surface area (Å²) in [4.78, 5) is 11.1. The first-order valence-corrected chi connectivity index (χ1v) is 9.93. The van der Waals surface area contributed by atoms with Gasteiger partial charge < -0.3 is 10.3 Å². The standard InChI is InChI=1S/C19H24N6OS/c1-14(2)12-24-18(9-8-17(20)26)22-23-19(24)27-13-15-4-6-16(7-5-15)25-11-3-10-21-25/h3-7,10-11,14H,8-9,12-13H2,1-2H3,(H2,20,26). The summed E-state index contributed by atoms with van der Waals surface area (Å²) in [5.41, 5.74) is 7.51. The molecule has 0 saturated carbocycles. The fourth-order valence-corrected chi connectivity index (χ4v) is 3.63. The van der Waals surface area contributed by atoms with Crippen molar-refractivity contribution >= 4 is 17.7 Å². The molecule has 2 aromatic heterocycles. The van der Waals surface area contributed by atoms with E-state index in [4.69, 9.17) is 5.73 Å². The monoisotopic (exact) mass is 384 g/mol. The van der Waals surface area contributed by atoms with Gasteiger partial charge in [0, 0.05) is 37.5 Å². The summed E-state index contributed by atoms with van der Waals surface area (Å²) < 4.78 is 3.94. The average molecular weight is 385 g/mol. The van der Waals surface area contributed by atoms with Gasteiger partial charge in [-0.15, -0.1) is 10.2 Å². The fraction of sp³-hybridized carbons (Fsp3) is 0.368. The van der Waals surface area contributed by atoms with E-state index in [-0.39, 0.29) is 12.3 Å². The molecular formula is C19H24N6OS. The smallest absolute Gasteiger partial charge is 0.217 e. The predicted octanol–water partition coefficient (Wildman–Crippen LogP) is 2.83. The van der Waals surface area contributed by atoms with E-state index >= 15 is 0 Å². The van der Waals surface area contributed by atoms with Crippen LogP contribution in [-0.4, -0.2) is 30.5 Å². The number of hydrogen-bond acceptors (Lipinski definition) is 5. The van der Waals surface area contributed by atoms with Crippen molar-refractivity contribution in [2.24, 2.45) is 11.7 Å². The number of thioether (sulfide) groups is 1. The van der Waals surface area contributed by atoms with Crippen molar-refractivity contribution < 1.29 is 4.79 Å². The van der Waals surface area contributed by atoms with Gasteiger partial charge in [-0.2, -0.15) is 5.10 Å². The van der Waals surface area contributed by atoms with Crippen molar-refractivity contribution in [3.05, 3.63) is 54.1 Å². The first kappa shape index (κ1) is 19.2. The lowest BCUT2D eigenvalue weighted by Crippen LogP contribution is -2.15. The van der Waals surface area contributed by atoms with E-state index in [2.05, 4.69) is 58.0 Å². The number of rotatable bonds is 9. The van der Waals surface area contributed by atoms with Crippen LogP contribution < -0.4 is 5.73 Å². The Morgan fingerprint density at radius 2 is 2.00 bits per heavy atom. The van der Waals surface area contributed by atoms with Gasteiger partial charge in [-0.05, 0) is 29.7 Å². The van der Waals surface area contributed by atoms with Crippen molar-refractivity contribution in [3.63, 3.8) is 0 Å². The summed E-state index contributed by atoms with van der Waals surface area (Å²) in [6.07, 6.45) is 4.50. The van der Waals surface area contributed by atoms with Gasteiger partial charge in [-0.25, -0.2) is 4.68 Å². The number of nitrogens with two attached hydrogens (primary N) is 1. The zero-order chi connectivity index (χ0) is 19.2. The third kappa shape index (κ3) is 5.19. The Balaban J connectivity index is 1.68. The summed E-state index contributed by atoms with van der Waals surface area (Å²) in [6.45, 7) is 5.13. The summed E-state index contributed by atoms with van der Waals surface area (Å²) in [7, 11) is 0. The number of nitrogens with zero attached hydrogens (tertiary/aromatic N) is 5. The van der Waals surface area contributed by atoms with Crippen molar-refractivity contribution in [3.8, 4) is 5.69 Å². The molecule has 2 N–H and O–H groups in total. The number of carbonyl (C=O) groups is 1. The lowest BCUT2D eigenvalue weighted by atomic mass is 10.2. The molecule has 1 aromatic carbocycles. The predicted molar refractivity (Wildman–Crippen MR) is 106 cm³/mol. The van der Waals surface area contributed by atoms with Gasteiger partial charge in [0.15, 0.2) is 5.16 Å². The molecular weight excluding hydrogens is 360 g/mol. The molecule has 0 atom stereocenters. The molecule has 0 aliphatic carbocycles. The number of primary amides is 1. The van der Waals surface area contributed by atoms with E-state index in [0.717, 1.165) is 29.0 Å². The number of amides is 1. The van der Waals surface area contributed by atoms with Crippen molar-refractivity contribution in [1.82, 2.24) is 24.5 Å². The Morgan fingerprint density at radius 3 is 2.63 bits per heavy atom. The number of carbonyl (C=O) groups excluding carboxylic acids is 1. The summed E-state index contributed by atoms with van der Waals surface area (Å²) in [5, 5.41) is 13.7. The van der Waals surface area contributed by atoms with Crippen LogP contribution >= 0.6 is 11.8 Å². The second kappa shape index (κ2) is 8.85. The molecule has 142 valence electrons. The van der Waals surface area contributed by atoms with Crippen molar-refractivity contribution in [2.75, 3.05) is 0 Å². The Labute approximate surface area is 163 Å². The van der Waals surface area contributed by atoms with E-state index in [1.54, 1.807) is 18.0 Å².